The third-order valence-electron chi connectivity index (χ3n) is 3.94. The lowest BCUT2D eigenvalue weighted by Crippen LogP contribution is -2.44. The molecule has 0 radical (unpaired) electrons. The number of amides is 1. The molecule has 1 unspecified atom stereocenters. The van der Waals surface area contributed by atoms with Gasteiger partial charge in [-0.05, 0) is 30.4 Å². The van der Waals surface area contributed by atoms with E-state index in [0.29, 0.717) is 18.5 Å². The number of hydrogen-bond acceptors (Lipinski definition) is 3. The van der Waals surface area contributed by atoms with Crippen LogP contribution in [0.2, 0.25) is 0 Å². The van der Waals surface area contributed by atoms with Gasteiger partial charge in [0, 0.05) is 22.5 Å². The van der Waals surface area contributed by atoms with E-state index in [1.807, 2.05) is 36.6 Å². The van der Waals surface area contributed by atoms with Gasteiger partial charge >= 0.3 is 0 Å². The number of hydrogen-bond donors (Lipinski definition) is 1. The normalized spacial score (nSPS) is 21.3. The fourth-order valence-corrected chi connectivity index (χ4v) is 3.52. The zero-order chi connectivity index (χ0) is 14.2. The van der Waals surface area contributed by atoms with Crippen LogP contribution in [0.3, 0.4) is 0 Å². The molecule has 2 aromatic rings. The molecule has 20 heavy (non-hydrogen) atoms. The summed E-state index contributed by atoms with van der Waals surface area (Å²) in [5, 5.41) is 12.9. The molecule has 1 amide bonds. The van der Waals surface area contributed by atoms with E-state index in [4.69, 9.17) is 0 Å². The van der Waals surface area contributed by atoms with E-state index in [1.54, 1.807) is 22.3 Å². The Labute approximate surface area is 122 Å². The molecular weight excluding hydrogens is 270 g/mol. The maximum Gasteiger partial charge on any atom is 0.256 e. The van der Waals surface area contributed by atoms with Crippen molar-refractivity contribution in [1.29, 1.82) is 0 Å². The third kappa shape index (κ3) is 1.96. The minimum absolute atomic E-state index is 0.0680. The molecule has 0 bridgehead atoms. The van der Waals surface area contributed by atoms with Crippen molar-refractivity contribution in [3.8, 4) is 0 Å². The van der Waals surface area contributed by atoms with Crippen LogP contribution in [-0.4, -0.2) is 22.5 Å². The summed E-state index contributed by atoms with van der Waals surface area (Å²) >= 11 is 1.68. The van der Waals surface area contributed by atoms with E-state index in [9.17, 15) is 9.90 Å². The zero-order valence-corrected chi connectivity index (χ0v) is 12.2. The number of thiophene rings is 1. The lowest BCUT2D eigenvalue weighted by atomic mass is 9.99. The van der Waals surface area contributed by atoms with Crippen LogP contribution in [0.15, 0.2) is 41.8 Å². The largest absolute Gasteiger partial charge is 0.367 e. The van der Waals surface area contributed by atoms with Gasteiger partial charge in [-0.3, -0.25) is 4.79 Å². The average Bonchev–Trinajstić information content (AvgIpc) is 3.06. The quantitative estimate of drug-likeness (QED) is 0.939. The van der Waals surface area contributed by atoms with Crippen molar-refractivity contribution >= 4 is 17.2 Å². The maximum absolute atomic E-state index is 12.5. The molecule has 0 saturated carbocycles. The number of rotatable bonds is 4. The van der Waals surface area contributed by atoms with Crippen molar-refractivity contribution in [1.82, 2.24) is 4.90 Å². The summed E-state index contributed by atoms with van der Waals surface area (Å²) in [6.07, 6.45) is 1.28. The van der Waals surface area contributed by atoms with Crippen LogP contribution in [-0.2, 0) is 12.1 Å². The summed E-state index contributed by atoms with van der Waals surface area (Å²) in [6, 6.07) is 11.4. The molecule has 1 aliphatic rings. The highest BCUT2D eigenvalue weighted by molar-refractivity contribution is 7.09. The molecule has 3 nitrogen and oxygen atoms in total. The summed E-state index contributed by atoms with van der Waals surface area (Å²) in [5.74, 6) is -0.0680. The minimum Gasteiger partial charge on any atom is -0.367 e. The Hall–Kier alpha value is -1.65. The van der Waals surface area contributed by atoms with Gasteiger partial charge in [-0.15, -0.1) is 11.3 Å². The van der Waals surface area contributed by atoms with Gasteiger partial charge in [0.1, 0.15) is 0 Å². The Balaban J connectivity index is 1.89. The monoisotopic (exact) mass is 287 g/mol. The third-order valence-corrected chi connectivity index (χ3v) is 4.87. The molecule has 4 heteroatoms. The number of carbonyl (C=O) groups is 1. The first-order chi connectivity index (χ1) is 9.66. The Morgan fingerprint density at radius 2 is 2.05 bits per heavy atom. The molecule has 0 spiro atoms. The first kappa shape index (κ1) is 13.3. The fourth-order valence-electron chi connectivity index (χ4n) is 2.82. The smallest absolute Gasteiger partial charge is 0.256 e. The number of carbonyl (C=O) groups excluding carboxylic acids is 1. The Kier molecular flexibility index (Phi) is 3.36. The number of aliphatic hydroxyl groups is 1. The summed E-state index contributed by atoms with van der Waals surface area (Å²) < 4.78 is 0. The molecule has 1 aliphatic heterocycles. The van der Waals surface area contributed by atoms with Gasteiger partial charge in [0.2, 0.25) is 0 Å². The van der Waals surface area contributed by atoms with E-state index in [1.165, 1.54) is 4.88 Å². The van der Waals surface area contributed by atoms with Crippen LogP contribution < -0.4 is 0 Å². The molecule has 1 N–H and O–H groups in total. The zero-order valence-electron chi connectivity index (χ0n) is 11.4. The molecular formula is C16H17NO2S. The highest BCUT2D eigenvalue weighted by Crippen LogP contribution is 2.39. The van der Waals surface area contributed by atoms with Crippen molar-refractivity contribution < 1.29 is 9.90 Å². The highest BCUT2D eigenvalue weighted by atomic mass is 32.1. The summed E-state index contributed by atoms with van der Waals surface area (Å²) in [6.45, 7) is 2.45. The highest BCUT2D eigenvalue weighted by Gasteiger charge is 2.46. The van der Waals surface area contributed by atoms with Crippen LogP contribution in [0.5, 0.6) is 0 Å². The van der Waals surface area contributed by atoms with Crippen LogP contribution in [0.4, 0.5) is 0 Å². The van der Waals surface area contributed by atoms with Crippen LogP contribution >= 0.6 is 11.3 Å². The number of benzene rings is 1. The van der Waals surface area contributed by atoms with E-state index in [0.717, 1.165) is 12.0 Å². The fraction of sp³-hybridized carbons (Fsp3) is 0.312. The second kappa shape index (κ2) is 5.04. The second-order valence-electron chi connectivity index (χ2n) is 5.00. The topological polar surface area (TPSA) is 40.5 Å². The van der Waals surface area contributed by atoms with Crippen LogP contribution in [0.25, 0.3) is 0 Å². The molecule has 0 fully saturated rings. The molecule has 2 heterocycles. The van der Waals surface area contributed by atoms with Crippen molar-refractivity contribution in [3.63, 3.8) is 0 Å². The van der Waals surface area contributed by atoms with Crippen molar-refractivity contribution in [2.75, 3.05) is 6.54 Å². The Bertz CT molecular complexity index is 623. The first-order valence-electron chi connectivity index (χ1n) is 6.83. The Morgan fingerprint density at radius 3 is 2.75 bits per heavy atom. The Morgan fingerprint density at radius 1 is 1.25 bits per heavy atom. The number of nitrogens with zero attached hydrogens (tertiary/aromatic N) is 1. The average molecular weight is 287 g/mol. The minimum atomic E-state index is -1.16. The van der Waals surface area contributed by atoms with E-state index < -0.39 is 5.72 Å². The summed E-state index contributed by atoms with van der Waals surface area (Å²) in [5.41, 5.74) is 0.201. The molecule has 1 atom stereocenters. The van der Waals surface area contributed by atoms with Gasteiger partial charge in [-0.1, -0.05) is 31.2 Å². The van der Waals surface area contributed by atoms with Gasteiger partial charge in [0.25, 0.3) is 5.91 Å². The SMILES string of the molecule is CCC1(O)c2ccccc2C(=O)N1CCc1cccs1. The van der Waals surface area contributed by atoms with Gasteiger partial charge in [-0.25, -0.2) is 0 Å². The van der Waals surface area contributed by atoms with E-state index in [2.05, 4.69) is 6.07 Å². The molecule has 0 saturated heterocycles. The lowest BCUT2D eigenvalue weighted by molar-refractivity contribution is -0.0862. The molecule has 0 aliphatic carbocycles. The predicted octanol–water partition coefficient (Wildman–Crippen LogP) is 3.00. The maximum atomic E-state index is 12.5. The summed E-state index contributed by atoms with van der Waals surface area (Å²) in [7, 11) is 0. The molecule has 3 rings (SSSR count). The van der Waals surface area contributed by atoms with Crippen LogP contribution in [0.1, 0.15) is 34.1 Å². The lowest BCUT2D eigenvalue weighted by Gasteiger charge is -2.33. The van der Waals surface area contributed by atoms with Crippen molar-refractivity contribution in [2.45, 2.75) is 25.5 Å². The van der Waals surface area contributed by atoms with Gasteiger partial charge < -0.3 is 10.0 Å². The summed E-state index contributed by atoms with van der Waals surface area (Å²) in [4.78, 5) is 15.3. The van der Waals surface area contributed by atoms with Gasteiger partial charge in [-0.2, -0.15) is 0 Å². The number of fused-ring (bicyclic) bond motifs is 1. The van der Waals surface area contributed by atoms with E-state index >= 15 is 0 Å². The van der Waals surface area contributed by atoms with E-state index in [-0.39, 0.29) is 5.91 Å². The van der Waals surface area contributed by atoms with Crippen LogP contribution in [0, 0.1) is 0 Å². The predicted molar refractivity (Wildman–Crippen MR) is 79.7 cm³/mol. The van der Waals surface area contributed by atoms with Gasteiger partial charge in [0.05, 0.1) is 0 Å². The van der Waals surface area contributed by atoms with Crippen molar-refractivity contribution in [2.24, 2.45) is 0 Å². The first-order valence-corrected chi connectivity index (χ1v) is 7.71. The van der Waals surface area contributed by atoms with Crippen molar-refractivity contribution in [3.05, 3.63) is 57.8 Å². The second-order valence-corrected chi connectivity index (χ2v) is 6.03. The molecule has 1 aromatic heterocycles. The van der Waals surface area contributed by atoms with Gasteiger partial charge in [0.15, 0.2) is 5.72 Å². The molecule has 104 valence electrons. The molecule has 1 aromatic carbocycles. The standard InChI is InChI=1S/C16H17NO2S/c1-2-16(19)14-8-4-3-7-13(14)15(18)17(16)10-9-12-6-5-11-20-12/h3-8,11,19H,2,9-10H2,1H3.